The fourth-order valence-electron chi connectivity index (χ4n) is 3.01. The Balaban J connectivity index is 1.85. The first-order valence-electron chi connectivity index (χ1n) is 7.23. The molecule has 1 aromatic heterocycles. The van der Waals surface area contributed by atoms with Crippen LogP contribution in [0.3, 0.4) is 0 Å². The van der Waals surface area contributed by atoms with Crippen LogP contribution in [0, 0.1) is 0 Å². The van der Waals surface area contributed by atoms with E-state index in [1.807, 2.05) is 12.1 Å². The van der Waals surface area contributed by atoms with Gasteiger partial charge in [0.2, 0.25) is 0 Å². The van der Waals surface area contributed by atoms with Crippen molar-refractivity contribution >= 4 is 32.5 Å². The number of rotatable bonds is 3. The second-order valence-electron chi connectivity index (χ2n) is 5.39. The molecule has 0 saturated carbocycles. The smallest absolute Gasteiger partial charge is 0.341 e. The molecule has 2 aromatic carbocycles. The van der Waals surface area contributed by atoms with Crippen LogP contribution >= 0.6 is 0 Å². The SMILES string of the molecule is COC(=O)c1ccoc1CN1c2cccc3cccc(c23)S1(=O)=O. The van der Waals surface area contributed by atoms with Gasteiger partial charge in [-0.1, -0.05) is 24.3 Å². The molecule has 0 spiro atoms. The molecule has 0 bridgehead atoms. The molecule has 6 nitrogen and oxygen atoms in total. The lowest BCUT2D eigenvalue weighted by Gasteiger charge is -2.18. The van der Waals surface area contributed by atoms with Gasteiger partial charge in [-0.05, 0) is 23.6 Å². The van der Waals surface area contributed by atoms with Crippen LogP contribution in [0.5, 0.6) is 0 Å². The Bertz CT molecular complexity index is 1060. The molecular weight excluding hydrogens is 330 g/mol. The van der Waals surface area contributed by atoms with Crippen LogP contribution in [0.1, 0.15) is 16.1 Å². The van der Waals surface area contributed by atoms with E-state index in [2.05, 4.69) is 0 Å². The summed E-state index contributed by atoms with van der Waals surface area (Å²) in [5, 5.41) is 1.54. The zero-order valence-electron chi connectivity index (χ0n) is 12.7. The predicted molar refractivity (Wildman–Crippen MR) is 87.4 cm³/mol. The van der Waals surface area contributed by atoms with E-state index < -0.39 is 16.0 Å². The normalized spacial score (nSPS) is 15.0. The summed E-state index contributed by atoms with van der Waals surface area (Å²) in [5.74, 6) is -0.318. The largest absolute Gasteiger partial charge is 0.466 e. The van der Waals surface area contributed by atoms with Gasteiger partial charge in [0.1, 0.15) is 11.3 Å². The van der Waals surface area contributed by atoms with Crippen molar-refractivity contribution in [2.24, 2.45) is 0 Å². The van der Waals surface area contributed by atoms with Gasteiger partial charge < -0.3 is 9.15 Å². The molecule has 0 N–H and O–H groups in total. The van der Waals surface area contributed by atoms with Crippen molar-refractivity contribution in [3.05, 3.63) is 60.1 Å². The third-order valence-electron chi connectivity index (χ3n) is 4.12. The number of nitrogens with zero attached hydrogens (tertiary/aromatic N) is 1. The molecule has 0 atom stereocenters. The van der Waals surface area contributed by atoms with Gasteiger partial charge in [0.05, 0.1) is 30.5 Å². The van der Waals surface area contributed by atoms with Crippen molar-refractivity contribution in [1.82, 2.24) is 0 Å². The highest BCUT2D eigenvalue weighted by molar-refractivity contribution is 7.93. The van der Waals surface area contributed by atoms with Crippen molar-refractivity contribution in [1.29, 1.82) is 0 Å². The van der Waals surface area contributed by atoms with Crippen molar-refractivity contribution < 1.29 is 22.4 Å². The lowest BCUT2D eigenvalue weighted by molar-refractivity contribution is 0.0598. The fraction of sp³-hybridized carbons (Fsp3) is 0.118. The summed E-state index contributed by atoms with van der Waals surface area (Å²) >= 11 is 0. The van der Waals surface area contributed by atoms with Gasteiger partial charge in [-0.15, -0.1) is 0 Å². The highest BCUT2D eigenvalue weighted by Crippen LogP contribution is 2.42. The molecule has 1 aliphatic heterocycles. The van der Waals surface area contributed by atoms with Crippen LogP contribution in [0.25, 0.3) is 10.8 Å². The summed E-state index contributed by atoms with van der Waals surface area (Å²) in [5.41, 5.74) is 0.797. The Hall–Kier alpha value is -2.80. The van der Waals surface area contributed by atoms with E-state index in [9.17, 15) is 13.2 Å². The van der Waals surface area contributed by atoms with E-state index in [1.165, 1.54) is 23.7 Å². The lowest BCUT2D eigenvalue weighted by atomic mass is 10.1. The average Bonchev–Trinajstić information content (AvgIpc) is 3.13. The Morgan fingerprint density at radius 3 is 2.67 bits per heavy atom. The number of furan rings is 1. The number of hydrogen-bond donors (Lipinski definition) is 0. The zero-order valence-corrected chi connectivity index (χ0v) is 13.5. The predicted octanol–water partition coefficient (Wildman–Crippen LogP) is 2.93. The molecule has 1 aliphatic rings. The van der Waals surface area contributed by atoms with Crippen molar-refractivity contribution in [3.8, 4) is 0 Å². The topological polar surface area (TPSA) is 76.8 Å². The average molecular weight is 343 g/mol. The minimum absolute atomic E-state index is 0.0758. The lowest BCUT2D eigenvalue weighted by Crippen LogP contribution is -2.27. The quantitative estimate of drug-likeness (QED) is 0.683. The Morgan fingerprint density at radius 1 is 1.17 bits per heavy atom. The van der Waals surface area contributed by atoms with Crippen molar-refractivity contribution in [3.63, 3.8) is 0 Å². The maximum absolute atomic E-state index is 12.9. The van der Waals surface area contributed by atoms with Gasteiger partial charge in [0.15, 0.2) is 0 Å². The minimum atomic E-state index is -3.70. The fourth-order valence-corrected chi connectivity index (χ4v) is 4.68. The first-order chi connectivity index (χ1) is 11.5. The molecule has 4 rings (SSSR count). The van der Waals surface area contributed by atoms with Crippen LogP contribution in [-0.2, 0) is 21.3 Å². The Morgan fingerprint density at radius 2 is 1.92 bits per heavy atom. The summed E-state index contributed by atoms with van der Waals surface area (Å²) in [6.07, 6.45) is 1.35. The highest BCUT2D eigenvalue weighted by Gasteiger charge is 2.36. The van der Waals surface area contributed by atoms with E-state index in [-0.39, 0.29) is 22.8 Å². The molecular formula is C17H13NO5S. The monoisotopic (exact) mass is 343 g/mol. The van der Waals surface area contributed by atoms with E-state index >= 15 is 0 Å². The van der Waals surface area contributed by atoms with Crippen LogP contribution in [-0.4, -0.2) is 21.5 Å². The van der Waals surface area contributed by atoms with Crippen LogP contribution < -0.4 is 4.31 Å². The minimum Gasteiger partial charge on any atom is -0.466 e. The molecule has 122 valence electrons. The molecule has 0 fully saturated rings. The molecule has 0 saturated heterocycles. The Labute approximate surface area is 138 Å². The molecule has 24 heavy (non-hydrogen) atoms. The van der Waals surface area contributed by atoms with E-state index in [0.29, 0.717) is 11.1 Å². The summed E-state index contributed by atoms with van der Waals surface area (Å²) in [6, 6.07) is 12.1. The maximum atomic E-state index is 12.9. The Kier molecular flexibility index (Phi) is 3.14. The third-order valence-corrected chi connectivity index (χ3v) is 5.92. The number of carbonyl (C=O) groups excluding carboxylic acids is 1. The summed E-state index contributed by atoms with van der Waals surface area (Å²) in [4.78, 5) is 12.1. The number of methoxy groups -OCH3 is 1. The second-order valence-corrected chi connectivity index (χ2v) is 7.22. The van der Waals surface area contributed by atoms with Crippen LogP contribution in [0.4, 0.5) is 5.69 Å². The number of anilines is 1. The summed E-state index contributed by atoms with van der Waals surface area (Å²) in [7, 11) is -2.44. The first-order valence-corrected chi connectivity index (χ1v) is 8.67. The van der Waals surface area contributed by atoms with Crippen LogP contribution in [0.2, 0.25) is 0 Å². The standard InChI is InChI=1S/C17H13NO5S/c1-22-17(19)12-8-9-23-14(12)10-18-13-6-2-4-11-5-3-7-15(16(11)13)24(18,20)21/h2-9H,10H2,1H3. The van der Waals surface area contributed by atoms with E-state index in [4.69, 9.17) is 9.15 Å². The van der Waals surface area contributed by atoms with Gasteiger partial charge in [-0.2, -0.15) is 0 Å². The summed E-state index contributed by atoms with van der Waals surface area (Å²) in [6.45, 7) is -0.0758. The number of sulfonamides is 1. The molecule has 2 heterocycles. The van der Waals surface area contributed by atoms with Crippen LogP contribution in [0.15, 0.2) is 58.0 Å². The van der Waals surface area contributed by atoms with E-state index in [1.54, 1.807) is 24.3 Å². The summed E-state index contributed by atoms with van der Waals surface area (Å²) < 4.78 is 37.1. The maximum Gasteiger partial charge on any atom is 0.341 e. The highest BCUT2D eigenvalue weighted by atomic mass is 32.2. The third kappa shape index (κ3) is 1.94. The zero-order chi connectivity index (χ0) is 16.9. The first kappa shape index (κ1) is 14.8. The van der Waals surface area contributed by atoms with Crippen molar-refractivity contribution in [2.45, 2.75) is 11.4 Å². The number of ether oxygens (including phenoxy) is 1. The number of esters is 1. The number of carbonyl (C=O) groups is 1. The molecule has 0 aliphatic carbocycles. The van der Waals surface area contributed by atoms with Gasteiger partial charge >= 0.3 is 5.97 Å². The van der Waals surface area contributed by atoms with Gasteiger partial charge in [-0.25, -0.2) is 13.2 Å². The van der Waals surface area contributed by atoms with E-state index in [0.717, 1.165) is 5.39 Å². The molecule has 3 aromatic rings. The number of benzene rings is 2. The molecule has 0 radical (unpaired) electrons. The van der Waals surface area contributed by atoms with Gasteiger partial charge in [-0.3, -0.25) is 4.31 Å². The van der Waals surface area contributed by atoms with Gasteiger partial charge in [0, 0.05) is 5.39 Å². The second kappa shape index (κ2) is 5.10. The molecule has 7 heteroatoms. The number of hydrogen-bond acceptors (Lipinski definition) is 5. The molecule has 0 unspecified atom stereocenters. The van der Waals surface area contributed by atoms with Crippen molar-refractivity contribution in [2.75, 3.05) is 11.4 Å². The molecule has 0 amide bonds. The van der Waals surface area contributed by atoms with Gasteiger partial charge in [0.25, 0.3) is 10.0 Å².